The second-order valence-corrected chi connectivity index (χ2v) is 5.58. The maximum Gasteiger partial charge on any atom is 0.222 e. The highest BCUT2D eigenvalue weighted by Crippen LogP contribution is 2.20. The number of benzene rings is 1. The molecule has 0 aliphatic heterocycles. The molecule has 26 heavy (non-hydrogen) atoms. The van der Waals surface area contributed by atoms with Gasteiger partial charge < -0.3 is 9.47 Å². The minimum absolute atomic E-state index is 0.239. The van der Waals surface area contributed by atoms with E-state index in [0.29, 0.717) is 35.6 Å². The van der Waals surface area contributed by atoms with Crippen molar-refractivity contribution in [2.75, 3.05) is 13.2 Å². The van der Waals surface area contributed by atoms with Crippen LogP contribution in [0, 0.1) is 0 Å². The lowest BCUT2D eigenvalue weighted by atomic mass is 10.2. The van der Waals surface area contributed by atoms with E-state index in [1.54, 1.807) is 24.8 Å². The van der Waals surface area contributed by atoms with Gasteiger partial charge in [-0.15, -0.1) is 0 Å². The maximum absolute atomic E-state index is 5.90. The van der Waals surface area contributed by atoms with Crippen LogP contribution in [0.15, 0.2) is 49.1 Å². The van der Waals surface area contributed by atoms with Gasteiger partial charge in [-0.3, -0.25) is 0 Å². The number of hydrogen-bond donors (Lipinski definition) is 0. The molecule has 0 unspecified atom stereocenters. The van der Waals surface area contributed by atoms with Crippen molar-refractivity contribution in [2.45, 2.75) is 13.8 Å². The molecule has 3 rings (SSSR count). The summed E-state index contributed by atoms with van der Waals surface area (Å²) < 4.78 is 10.3. The third kappa shape index (κ3) is 6.46. The quantitative estimate of drug-likeness (QED) is 0.584. The minimum Gasteiger partial charge on any atom is -0.491 e. The fourth-order valence-corrected chi connectivity index (χ4v) is 2.16. The molecule has 0 aliphatic carbocycles. The molecule has 2 aromatic heterocycles. The van der Waals surface area contributed by atoms with Crippen molar-refractivity contribution in [2.24, 2.45) is 0 Å². The molecule has 0 saturated heterocycles. The van der Waals surface area contributed by atoms with Gasteiger partial charge in [-0.25, -0.2) is 19.9 Å². The molecule has 0 spiro atoms. The summed E-state index contributed by atoms with van der Waals surface area (Å²) in [6, 6.07) is 7.44. The van der Waals surface area contributed by atoms with E-state index < -0.39 is 0 Å². The Labute approximate surface area is 162 Å². The third-order valence-electron chi connectivity index (χ3n) is 2.93. The Morgan fingerprint density at radius 1 is 0.808 bits per heavy atom. The Bertz CT molecular complexity index is 799. The minimum atomic E-state index is 0.239. The van der Waals surface area contributed by atoms with Crippen molar-refractivity contribution < 1.29 is 9.47 Å². The number of halogens is 2. The number of rotatable bonds is 5. The highest BCUT2D eigenvalue weighted by molar-refractivity contribution is 6.30. The number of ether oxygens (including phenoxy) is 2. The van der Waals surface area contributed by atoms with Crippen molar-refractivity contribution in [1.29, 1.82) is 0 Å². The molecular weight excluding hydrogens is 375 g/mol. The van der Waals surface area contributed by atoms with Crippen LogP contribution in [0.4, 0.5) is 0 Å². The van der Waals surface area contributed by atoms with Crippen molar-refractivity contribution in [3.63, 3.8) is 0 Å². The fourth-order valence-electron chi connectivity index (χ4n) is 1.88. The van der Waals surface area contributed by atoms with Gasteiger partial charge in [-0.1, -0.05) is 23.7 Å². The predicted molar refractivity (Wildman–Crippen MR) is 102 cm³/mol. The van der Waals surface area contributed by atoms with Crippen LogP contribution >= 0.6 is 23.2 Å². The Balaban J connectivity index is 0.000000209. The third-order valence-corrected chi connectivity index (χ3v) is 3.36. The van der Waals surface area contributed by atoms with E-state index in [1.807, 2.05) is 38.1 Å². The summed E-state index contributed by atoms with van der Waals surface area (Å²) >= 11 is 11.3. The lowest BCUT2D eigenvalue weighted by molar-refractivity contribution is 0.337. The maximum atomic E-state index is 5.90. The summed E-state index contributed by atoms with van der Waals surface area (Å²) in [5, 5.41) is 0.915. The van der Waals surface area contributed by atoms with E-state index >= 15 is 0 Å². The molecule has 0 N–H and O–H groups in total. The smallest absolute Gasteiger partial charge is 0.222 e. The molecule has 136 valence electrons. The van der Waals surface area contributed by atoms with Gasteiger partial charge in [0, 0.05) is 10.6 Å². The van der Waals surface area contributed by atoms with E-state index in [-0.39, 0.29) is 5.28 Å². The molecule has 0 bridgehead atoms. The Kier molecular flexibility index (Phi) is 8.05. The second-order valence-electron chi connectivity index (χ2n) is 4.81. The molecule has 0 saturated carbocycles. The lowest BCUT2D eigenvalue weighted by Crippen LogP contribution is -1.94. The van der Waals surface area contributed by atoms with Gasteiger partial charge in [-0.05, 0) is 37.6 Å². The topological polar surface area (TPSA) is 70.0 Å². The molecule has 8 heteroatoms. The second kappa shape index (κ2) is 10.5. The summed E-state index contributed by atoms with van der Waals surface area (Å²) in [7, 11) is 0. The van der Waals surface area contributed by atoms with Crippen LogP contribution in [-0.2, 0) is 0 Å². The molecule has 0 fully saturated rings. The molecule has 3 aromatic rings. The SMILES string of the molecule is CCOc1cnc(-c2cccc(Cl)c2)nc1.CCOc1cnc(Cl)nc1. The summed E-state index contributed by atoms with van der Waals surface area (Å²) in [6.45, 7) is 5.05. The Hall–Kier alpha value is -2.44. The Morgan fingerprint density at radius 2 is 1.35 bits per heavy atom. The normalized spacial score (nSPS) is 9.85. The Morgan fingerprint density at radius 3 is 1.85 bits per heavy atom. The van der Waals surface area contributed by atoms with Crippen LogP contribution in [0.5, 0.6) is 11.5 Å². The van der Waals surface area contributed by atoms with Crippen LogP contribution < -0.4 is 9.47 Å². The van der Waals surface area contributed by atoms with E-state index in [9.17, 15) is 0 Å². The van der Waals surface area contributed by atoms with Crippen LogP contribution in [0.3, 0.4) is 0 Å². The molecule has 0 atom stereocenters. The standard InChI is InChI=1S/C12H11ClN2O.C6H7ClN2O/c1-2-16-11-7-14-12(15-8-11)9-4-3-5-10(13)6-9;1-2-10-5-3-8-6(7)9-4-5/h3-8H,2H2,1H3;3-4H,2H2,1H3. The monoisotopic (exact) mass is 392 g/mol. The van der Waals surface area contributed by atoms with Crippen LogP contribution in [-0.4, -0.2) is 33.1 Å². The van der Waals surface area contributed by atoms with Gasteiger partial charge in [0.05, 0.1) is 38.0 Å². The fraction of sp³-hybridized carbons (Fsp3) is 0.222. The predicted octanol–water partition coefficient (Wildman–Crippen LogP) is 4.72. The van der Waals surface area contributed by atoms with Crippen molar-refractivity contribution >= 4 is 23.2 Å². The number of aromatic nitrogens is 4. The molecule has 1 aromatic carbocycles. The van der Waals surface area contributed by atoms with E-state index in [4.69, 9.17) is 32.7 Å². The van der Waals surface area contributed by atoms with Gasteiger partial charge in [0.1, 0.15) is 0 Å². The summed E-state index contributed by atoms with van der Waals surface area (Å²) in [5.74, 6) is 1.96. The molecular formula is C18H18Cl2N4O2. The molecule has 0 amide bonds. The first kappa shape index (κ1) is 19.9. The van der Waals surface area contributed by atoms with Gasteiger partial charge in [0.15, 0.2) is 17.3 Å². The molecule has 2 heterocycles. The summed E-state index contributed by atoms with van der Waals surface area (Å²) in [5.41, 5.74) is 0.899. The zero-order valence-electron chi connectivity index (χ0n) is 14.4. The first-order valence-corrected chi connectivity index (χ1v) is 8.69. The largest absolute Gasteiger partial charge is 0.491 e. The number of nitrogens with zero attached hydrogens (tertiary/aromatic N) is 4. The van der Waals surface area contributed by atoms with E-state index in [1.165, 1.54) is 0 Å². The van der Waals surface area contributed by atoms with Gasteiger partial charge in [0.2, 0.25) is 5.28 Å². The first-order chi connectivity index (χ1) is 12.6. The number of hydrogen-bond acceptors (Lipinski definition) is 6. The van der Waals surface area contributed by atoms with Gasteiger partial charge >= 0.3 is 0 Å². The zero-order valence-corrected chi connectivity index (χ0v) is 15.9. The van der Waals surface area contributed by atoms with Crippen molar-refractivity contribution in [1.82, 2.24) is 19.9 Å². The molecule has 0 aliphatic rings. The van der Waals surface area contributed by atoms with Gasteiger partial charge in [-0.2, -0.15) is 0 Å². The molecule has 0 radical (unpaired) electrons. The average molecular weight is 393 g/mol. The van der Waals surface area contributed by atoms with Crippen LogP contribution in [0.1, 0.15) is 13.8 Å². The van der Waals surface area contributed by atoms with Gasteiger partial charge in [0.25, 0.3) is 0 Å². The summed E-state index contributed by atoms with van der Waals surface area (Å²) in [6.07, 6.45) is 6.40. The average Bonchev–Trinajstić information content (AvgIpc) is 2.65. The molecule has 6 nitrogen and oxygen atoms in total. The highest BCUT2D eigenvalue weighted by Gasteiger charge is 2.02. The highest BCUT2D eigenvalue weighted by atomic mass is 35.5. The van der Waals surface area contributed by atoms with E-state index in [2.05, 4.69) is 19.9 Å². The summed E-state index contributed by atoms with van der Waals surface area (Å²) in [4.78, 5) is 15.9. The van der Waals surface area contributed by atoms with Crippen molar-refractivity contribution in [3.05, 3.63) is 59.4 Å². The first-order valence-electron chi connectivity index (χ1n) is 7.93. The van der Waals surface area contributed by atoms with Crippen LogP contribution in [0.2, 0.25) is 10.3 Å². The van der Waals surface area contributed by atoms with E-state index in [0.717, 1.165) is 5.56 Å². The lowest BCUT2D eigenvalue weighted by Gasteiger charge is -2.03. The van der Waals surface area contributed by atoms with Crippen LogP contribution in [0.25, 0.3) is 11.4 Å². The zero-order chi connectivity index (χ0) is 18.8. The van der Waals surface area contributed by atoms with Crippen molar-refractivity contribution in [3.8, 4) is 22.9 Å².